The van der Waals surface area contributed by atoms with Gasteiger partial charge in [-0.15, -0.1) is 0 Å². The van der Waals surface area contributed by atoms with E-state index in [1.165, 1.54) is 19.8 Å². The van der Waals surface area contributed by atoms with E-state index in [-0.39, 0.29) is 11.8 Å². The largest absolute Gasteiger partial charge is 0.354 e. The summed E-state index contributed by atoms with van der Waals surface area (Å²) in [4.78, 5) is 23.5. The molecule has 0 unspecified atom stereocenters. The summed E-state index contributed by atoms with van der Waals surface area (Å²) in [5, 5.41) is 5.90. The van der Waals surface area contributed by atoms with Crippen LogP contribution < -0.4 is 10.6 Å². The lowest BCUT2D eigenvalue weighted by atomic mass is 9.80. The number of nitrogens with one attached hydrogen (secondary N) is 2. The number of hydrogen-bond donors (Lipinski definition) is 2. The van der Waals surface area contributed by atoms with Crippen LogP contribution in [-0.2, 0) is 9.59 Å². The summed E-state index contributed by atoms with van der Waals surface area (Å²) in [5.74, 6) is 0.602. The van der Waals surface area contributed by atoms with E-state index in [4.69, 9.17) is 0 Å². The van der Waals surface area contributed by atoms with Crippen molar-refractivity contribution in [3.05, 3.63) is 0 Å². The van der Waals surface area contributed by atoms with Crippen molar-refractivity contribution < 1.29 is 9.59 Å². The standard InChI is InChI=1S/C13H22N2O2/c1-10(16)15-13(7-3-2-4-8-13)12(17)14-9-11-5-6-11/h11H,2-9H2,1H3,(H,14,17)(H,15,16). The summed E-state index contributed by atoms with van der Waals surface area (Å²) in [7, 11) is 0. The van der Waals surface area contributed by atoms with Crippen LogP contribution in [0.25, 0.3) is 0 Å². The Morgan fingerprint density at radius 1 is 1.18 bits per heavy atom. The topological polar surface area (TPSA) is 58.2 Å². The van der Waals surface area contributed by atoms with Crippen LogP contribution in [0.1, 0.15) is 51.9 Å². The molecule has 0 spiro atoms. The van der Waals surface area contributed by atoms with Gasteiger partial charge in [-0.05, 0) is 31.6 Å². The number of rotatable bonds is 4. The lowest BCUT2D eigenvalue weighted by Crippen LogP contribution is -2.59. The van der Waals surface area contributed by atoms with E-state index in [0.29, 0.717) is 5.92 Å². The number of amides is 2. The van der Waals surface area contributed by atoms with Crippen LogP contribution in [0.2, 0.25) is 0 Å². The summed E-state index contributed by atoms with van der Waals surface area (Å²) in [6, 6.07) is 0. The highest BCUT2D eigenvalue weighted by Crippen LogP contribution is 2.30. The van der Waals surface area contributed by atoms with Crippen molar-refractivity contribution in [2.45, 2.75) is 57.4 Å². The first-order chi connectivity index (χ1) is 8.12. The molecule has 2 saturated carbocycles. The molecule has 17 heavy (non-hydrogen) atoms. The Morgan fingerprint density at radius 3 is 2.35 bits per heavy atom. The van der Waals surface area contributed by atoms with Gasteiger partial charge >= 0.3 is 0 Å². The van der Waals surface area contributed by atoms with Gasteiger partial charge < -0.3 is 10.6 Å². The van der Waals surface area contributed by atoms with Crippen LogP contribution >= 0.6 is 0 Å². The predicted octanol–water partition coefficient (Wildman–Crippen LogP) is 1.35. The average Bonchev–Trinajstić information content (AvgIpc) is 3.10. The smallest absolute Gasteiger partial charge is 0.245 e. The molecule has 0 aromatic carbocycles. The minimum Gasteiger partial charge on any atom is -0.354 e. The fourth-order valence-electron chi connectivity index (χ4n) is 2.63. The number of carbonyl (C=O) groups is 2. The van der Waals surface area contributed by atoms with E-state index in [0.717, 1.165) is 38.6 Å². The highest BCUT2D eigenvalue weighted by Gasteiger charge is 2.40. The molecule has 96 valence electrons. The van der Waals surface area contributed by atoms with Gasteiger partial charge in [0, 0.05) is 13.5 Å². The van der Waals surface area contributed by atoms with E-state index >= 15 is 0 Å². The summed E-state index contributed by atoms with van der Waals surface area (Å²) in [6.07, 6.45) is 7.23. The zero-order chi connectivity index (χ0) is 12.3. The van der Waals surface area contributed by atoms with Crippen molar-refractivity contribution >= 4 is 11.8 Å². The number of hydrogen-bond acceptors (Lipinski definition) is 2. The van der Waals surface area contributed by atoms with Gasteiger partial charge in [-0.2, -0.15) is 0 Å². The maximum atomic E-state index is 12.3. The third-order valence-corrected chi connectivity index (χ3v) is 3.81. The first-order valence-electron chi connectivity index (χ1n) is 6.69. The van der Waals surface area contributed by atoms with E-state index in [1.807, 2.05) is 0 Å². The van der Waals surface area contributed by atoms with Gasteiger partial charge in [0.05, 0.1) is 0 Å². The van der Waals surface area contributed by atoms with Crippen molar-refractivity contribution in [3.8, 4) is 0 Å². The molecule has 0 bridgehead atoms. The zero-order valence-corrected chi connectivity index (χ0v) is 10.6. The second-order valence-corrected chi connectivity index (χ2v) is 5.48. The molecule has 2 N–H and O–H groups in total. The molecule has 2 fully saturated rings. The molecular formula is C13H22N2O2. The maximum Gasteiger partial charge on any atom is 0.245 e. The van der Waals surface area contributed by atoms with Crippen molar-refractivity contribution in [3.63, 3.8) is 0 Å². The molecule has 0 aromatic heterocycles. The van der Waals surface area contributed by atoms with Gasteiger partial charge in [0.15, 0.2) is 0 Å². The molecule has 4 heteroatoms. The van der Waals surface area contributed by atoms with Gasteiger partial charge in [-0.1, -0.05) is 19.3 Å². The summed E-state index contributed by atoms with van der Waals surface area (Å²) in [5.41, 5.74) is -0.626. The SMILES string of the molecule is CC(=O)NC1(C(=O)NCC2CC2)CCCCC1. The molecule has 2 aliphatic carbocycles. The quantitative estimate of drug-likeness (QED) is 0.776. The maximum absolute atomic E-state index is 12.3. The summed E-state index contributed by atoms with van der Waals surface area (Å²) < 4.78 is 0. The zero-order valence-electron chi connectivity index (χ0n) is 10.6. The molecule has 0 radical (unpaired) electrons. The van der Waals surface area contributed by atoms with Crippen molar-refractivity contribution in [2.24, 2.45) is 5.92 Å². The second-order valence-electron chi connectivity index (χ2n) is 5.48. The Balaban J connectivity index is 1.96. The number of carbonyl (C=O) groups excluding carboxylic acids is 2. The Labute approximate surface area is 103 Å². The Hall–Kier alpha value is -1.06. The first-order valence-corrected chi connectivity index (χ1v) is 6.69. The van der Waals surface area contributed by atoms with E-state index < -0.39 is 5.54 Å². The summed E-state index contributed by atoms with van der Waals surface area (Å²) in [6.45, 7) is 2.27. The normalized spacial score (nSPS) is 22.9. The molecule has 0 atom stereocenters. The Bertz CT molecular complexity index is 305. The molecular weight excluding hydrogens is 216 g/mol. The van der Waals surface area contributed by atoms with Gasteiger partial charge in [-0.3, -0.25) is 9.59 Å². The van der Waals surface area contributed by atoms with Crippen LogP contribution in [0.15, 0.2) is 0 Å². The van der Waals surface area contributed by atoms with Crippen LogP contribution in [0.5, 0.6) is 0 Å². The van der Waals surface area contributed by atoms with Crippen LogP contribution in [0.4, 0.5) is 0 Å². The predicted molar refractivity (Wildman–Crippen MR) is 65.4 cm³/mol. The highest BCUT2D eigenvalue weighted by molar-refractivity contribution is 5.91. The molecule has 2 rings (SSSR count). The fraction of sp³-hybridized carbons (Fsp3) is 0.846. The molecule has 0 heterocycles. The fourth-order valence-corrected chi connectivity index (χ4v) is 2.63. The minimum absolute atomic E-state index is 0.0271. The van der Waals surface area contributed by atoms with Crippen molar-refractivity contribution in [1.29, 1.82) is 0 Å². The van der Waals surface area contributed by atoms with Crippen LogP contribution in [0.3, 0.4) is 0 Å². The van der Waals surface area contributed by atoms with Crippen LogP contribution in [-0.4, -0.2) is 23.9 Å². The minimum atomic E-state index is -0.626. The van der Waals surface area contributed by atoms with E-state index in [9.17, 15) is 9.59 Å². The second kappa shape index (κ2) is 5.07. The van der Waals surface area contributed by atoms with Crippen LogP contribution in [0, 0.1) is 5.92 Å². The summed E-state index contributed by atoms with van der Waals surface area (Å²) >= 11 is 0. The van der Waals surface area contributed by atoms with Crippen molar-refractivity contribution in [2.75, 3.05) is 6.54 Å². The molecule has 2 aliphatic rings. The van der Waals surface area contributed by atoms with E-state index in [1.54, 1.807) is 0 Å². The highest BCUT2D eigenvalue weighted by atomic mass is 16.2. The molecule has 0 saturated heterocycles. The van der Waals surface area contributed by atoms with Crippen molar-refractivity contribution in [1.82, 2.24) is 10.6 Å². The van der Waals surface area contributed by atoms with E-state index in [2.05, 4.69) is 10.6 Å². The van der Waals surface area contributed by atoms with Gasteiger partial charge in [0.2, 0.25) is 11.8 Å². The monoisotopic (exact) mass is 238 g/mol. The lowest BCUT2D eigenvalue weighted by Gasteiger charge is -2.36. The Kier molecular flexibility index (Phi) is 3.69. The van der Waals surface area contributed by atoms with Gasteiger partial charge in [0.25, 0.3) is 0 Å². The van der Waals surface area contributed by atoms with Gasteiger partial charge in [-0.25, -0.2) is 0 Å². The third kappa shape index (κ3) is 3.20. The lowest BCUT2D eigenvalue weighted by molar-refractivity contribution is -0.134. The first kappa shape index (κ1) is 12.4. The third-order valence-electron chi connectivity index (χ3n) is 3.81. The molecule has 2 amide bonds. The average molecular weight is 238 g/mol. The van der Waals surface area contributed by atoms with Gasteiger partial charge in [0.1, 0.15) is 5.54 Å². The molecule has 0 aliphatic heterocycles. The molecule has 0 aromatic rings. The molecule has 4 nitrogen and oxygen atoms in total. The Morgan fingerprint density at radius 2 is 1.82 bits per heavy atom.